The first kappa shape index (κ1) is 15.0. The van der Waals surface area contributed by atoms with Crippen LogP contribution in [0.3, 0.4) is 0 Å². The standard InChI is InChI=1S/C14H15Cl2N3O/c1-3-20-8-13-18-11(7-12(17-2)19-13)9-5-4-6-10(15)14(9)16/h4-7H,3,8H2,1-2H3,(H,17,18,19). The summed E-state index contributed by atoms with van der Waals surface area (Å²) < 4.78 is 5.35. The summed E-state index contributed by atoms with van der Waals surface area (Å²) in [5, 5.41) is 3.99. The fraction of sp³-hybridized carbons (Fsp3) is 0.286. The molecule has 0 fully saturated rings. The van der Waals surface area contributed by atoms with E-state index in [-0.39, 0.29) is 0 Å². The summed E-state index contributed by atoms with van der Waals surface area (Å²) in [5.74, 6) is 1.31. The Morgan fingerprint density at radius 2 is 2.05 bits per heavy atom. The van der Waals surface area contributed by atoms with Crippen LogP contribution in [0.1, 0.15) is 12.7 Å². The summed E-state index contributed by atoms with van der Waals surface area (Å²) in [7, 11) is 1.80. The third kappa shape index (κ3) is 3.39. The number of ether oxygens (including phenoxy) is 1. The summed E-state index contributed by atoms with van der Waals surface area (Å²) in [4.78, 5) is 8.82. The summed E-state index contributed by atoms with van der Waals surface area (Å²) in [6.07, 6.45) is 0. The Bertz CT molecular complexity index is 605. The van der Waals surface area contributed by atoms with E-state index in [1.807, 2.05) is 25.1 Å². The van der Waals surface area contributed by atoms with Gasteiger partial charge in [-0.3, -0.25) is 0 Å². The van der Waals surface area contributed by atoms with Crippen molar-refractivity contribution in [2.24, 2.45) is 0 Å². The van der Waals surface area contributed by atoms with Crippen molar-refractivity contribution in [3.8, 4) is 11.3 Å². The molecule has 106 valence electrons. The molecule has 1 aromatic carbocycles. The Morgan fingerprint density at radius 1 is 1.25 bits per heavy atom. The second-order valence-electron chi connectivity index (χ2n) is 4.04. The number of nitrogens with one attached hydrogen (secondary N) is 1. The normalized spacial score (nSPS) is 10.6. The van der Waals surface area contributed by atoms with Crippen LogP contribution in [0.5, 0.6) is 0 Å². The van der Waals surface area contributed by atoms with E-state index in [0.717, 1.165) is 5.56 Å². The summed E-state index contributed by atoms with van der Waals surface area (Å²) in [6, 6.07) is 7.29. The summed E-state index contributed by atoms with van der Waals surface area (Å²) in [6.45, 7) is 2.90. The molecular weight excluding hydrogens is 297 g/mol. The molecule has 20 heavy (non-hydrogen) atoms. The molecule has 0 bridgehead atoms. The maximum absolute atomic E-state index is 6.24. The van der Waals surface area contributed by atoms with Crippen LogP contribution in [-0.4, -0.2) is 23.6 Å². The van der Waals surface area contributed by atoms with Gasteiger partial charge in [-0.15, -0.1) is 0 Å². The van der Waals surface area contributed by atoms with Gasteiger partial charge in [-0.25, -0.2) is 9.97 Å². The van der Waals surface area contributed by atoms with E-state index in [9.17, 15) is 0 Å². The molecular formula is C14H15Cl2N3O. The number of halogens is 2. The SMILES string of the molecule is CCOCc1nc(NC)cc(-c2cccc(Cl)c2Cl)n1. The Hall–Kier alpha value is -1.36. The van der Waals surface area contributed by atoms with Crippen LogP contribution in [0.25, 0.3) is 11.3 Å². The van der Waals surface area contributed by atoms with Gasteiger partial charge in [0.25, 0.3) is 0 Å². The smallest absolute Gasteiger partial charge is 0.157 e. The molecule has 0 radical (unpaired) electrons. The van der Waals surface area contributed by atoms with Crippen molar-refractivity contribution in [1.82, 2.24) is 9.97 Å². The number of benzene rings is 1. The van der Waals surface area contributed by atoms with Crippen molar-refractivity contribution < 1.29 is 4.74 Å². The van der Waals surface area contributed by atoms with E-state index >= 15 is 0 Å². The van der Waals surface area contributed by atoms with Crippen molar-refractivity contribution in [2.45, 2.75) is 13.5 Å². The minimum absolute atomic E-state index is 0.358. The van der Waals surface area contributed by atoms with Crippen molar-refractivity contribution in [3.05, 3.63) is 40.1 Å². The van der Waals surface area contributed by atoms with Gasteiger partial charge in [-0.2, -0.15) is 0 Å². The maximum Gasteiger partial charge on any atom is 0.157 e. The first-order chi connectivity index (χ1) is 9.65. The van der Waals surface area contributed by atoms with Crippen LogP contribution < -0.4 is 5.32 Å². The number of rotatable bonds is 5. The van der Waals surface area contributed by atoms with Crippen LogP contribution >= 0.6 is 23.2 Å². The second-order valence-corrected chi connectivity index (χ2v) is 4.83. The molecule has 1 aromatic heterocycles. The van der Waals surface area contributed by atoms with Gasteiger partial charge in [-0.05, 0) is 13.0 Å². The lowest BCUT2D eigenvalue weighted by atomic mass is 10.1. The third-order valence-electron chi connectivity index (χ3n) is 2.69. The number of nitrogens with zero attached hydrogens (tertiary/aromatic N) is 2. The zero-order chi connectivity index (χ0) is 14.5. The fourth-order valence-corrected chi connectivity index (χ4v) is 2.12. The maximum atomic E-state index is 6.24. The zero-order valence-electron chi connectivity index (χ0n) is 11.3. The van der Waals surface area contributed by atoms with Crippen LogP contribution in [0.2, 0.25) is 10.0 Å². The lowest BCUT2D eigenvalue weighted by Crippen LogP contribution is -2.04. The Morgan fingerprint density at radius 3 is 2.75 bits per heavy atom. The molecule has 0 aliphatic rings. The number of hydrogen-bond acceptors (Lipinski definition) is 4. The predicted octanol–water partition coefficient (Wildman–Crippen LogP) is 4.03. The molecule has 0 amide bonds. The van der Waals surface area contributed by atoms with Crippen molar-refractivity contribution >= 4 is 29.0 Å². The molecule has 0 saturated heterocycles. The lowest BCUT2D eigenvalue weighted by Gasteiger charge is -2.10. The Kier molecular flexibility index (Phi) is 5.17. The highest BCUT2D eigenvalue weighted by Crippen LogP contribution is 2.33. The first-order valence-corrected chi connectivity index (χ1v) is 6.99. The summed E-state index contributed by atoms with van der Waals surface area (Å²) in [5.41, 5.74) is 1.49. The van der Waals surface area contributed by atoms with Gasteiger partial charge < -0.3 is 10.1 Å². The van der Waals surface area contributed by atoms with Gasteiger partial charge in [0, 0.05) is 25.3 Å². The molecule has 0 unspecified atom stereocenters. The van der Waals surface area contributed by atoms with Crippen LogP contribution in [0, 0.1) is 0 Å². The number of aromatic nitrogens is 2. The van der Waals surface area contributed by atoms with Gasteiger partial charge in [0.1, 0.15) is 12.4 Å². The van der Waals surface area contributed by atoms with Gasteiger partial charge in [0.05, 0.1) is 15.7 Å². The van der Waals surface area contributed by atoms with E-state index in [2.05, 4.69) is 15.3 Å². The minimum Gasteiger partial charge on any atom is -0.374 e. The van der Waals surface area contributed by atoms with Crippen LogP contribution in [-0.2, 0) is 11.3 Å². The minimum atomic E-state index is 0.358. The molecule has 6 heteroatoms. The van der Waals surface area contributed by atoms with E-state index < -0.39 is 0 Å². The highest BCUT2D eigenvalue weighted by atomic mass is 35.5. The molecule has 0 atom stereocenters. The lowest BCUT2D eigenvalue weighted by molar-refractivity contribution is 0.128. The van der Waals surface area contributed by atoms with Crippen molar-refractivity contribution in [1.29, 1.82) is 0 Å². The highest BCUT2D eigenvalue weighted by molar-refractivity contribution is 6.43. The monoisotopic (exact) mass is 311 g/mol. The predicted molar refractivity (Wildman–Crippen MR) is 82.4 cm³/mol. The summed E-state index contributed by atoms with van der Waals surface area (Å²) >= 11 is 12.3. The van der Waals surface area contributed by atoms with Crippen molar-refractivity contribution in [3.63, 3.8) is 0 Å². The molecule has 2 aromatic rings. The first-order valence-electron chi connectivity index (χ1n) is 6.23. The third-order valence-corrected chi connectivity index (χ3v) is 3.51. The topological polar surface area (TPSA) is 47.0 Å². The zero-order valence-corrected chi connectivity index (χ0v) is 12.8. The average Bonchev–Trinajstić information content (AvgIpc) is 2.47. The molecule has 2 rings (SSSR count). The highest BCUT2D eigenvalue weighted by Gasteiger charge is 2.11. The van der Waals surface area contributed by atoms with Gasteiger partial charge in [-0.1, -0.05) is 35.3 Å². The largest absolute Gasteiger partial charge is 0.374 e. The van der Waals surface area contributed by atoms with Gasteiger partial charge in [0.2, 0.25) is 0 Å². The van der Waals surface area contributed by atoms with Gasteiger partial charge in [0.15, 0.2) is 5.82 Å². The van der Waals surface area contributed by atoms with E-state index in [0.29, 0.717) is 40.6 Å². The Labute approximate surface area is 128 Å². The number of anilines is 1. The molecule has 1 heterocycles. The number of hydrogen-bond donors (Lipinski definition) is 1. The molecule has 4 nitrogen and oxygen atoms in total. The van der Waals surface area contributed by atoms with Crippen molar-refractivity contribution in [2.75, 3.05) is 19.0 Å². The molecule has 0 spiro atoms. The molecule has 0 aliphatic carbocycles. The Balaban J connectivity index is 2.47. The fourth-order valence-electron chi connectivity index (χ4n) is 1.72. The van der Waals surface area contributed by atoms with Crippen LogP contribution in [0.15, 0.2) is 24.3 Å². The van der Waals surface area contributed by atoms with E-state index in [1.165, 1.54) is 0 Å². The quantitative estimate of drug-likeness (QED) is 0.905. The van der Waals surface area contributed by atoms with E-state index in [4.69, 9.17) is 27.9 Å². The second kappa shape index (κ2) is 6.88. The molecule has 0 aliphatic heterocycles. The average molecular weight is 312 g/mol. The van der Waals surface area contributed by atoms with E-state index in [1.54, 1.807) is 13.1 Å². The van der Waals surface area contributed by atoms with Gasteiger partial charge >= 0.3 is 0 Å². The molecule has 1 N–H and O–H groups in total. The molecule has 0 saturated carbocycles. The van der Waals surface area contributed by atoms with Crippen LogP contribution in [0.4, 0.5) is 5.82 Å².